The van der Waals surface area contributed by atoms with Crippen molar-refractivity contribution < 1.29 is 14.7 Å². The van der Waals surface area contributed by atoms with E-state index in [0.29, 0.717) is 0 Å². The Labute approximate surface area is 122 Å². The summed E-state index contributed by atoms with van der Waals surface area (Å²) in [5, 5.41) is 13.6. The molecule has 0 unspecified atom stereocenters. The largest absolute Gasteiger partial charge is 0.477 e. The summed E-state index contributed by atoms with van der Waals surface area (Å²) < 4.78 is 1.42. The van der Waals surface area contributed by atoms with Crippen molar-refractivity contribution in [3.63, 3.8) is 0 Å². The van der Waals surface area contributed by atoms with Crippen molar-refractivity contribution in [2.45, 2.75) is 0 Å². The molecule has 0 saturated heterocycles. The van der Waals surface area contributed by atoms with E-state index in [4.69, 9.17) is 28.3 Å². The molecule has 2 heterocycles. The Hall–Kier alpha value is -1.50. The van der Waals surface area contributed by atoms with Crippen LogP contribution in [0.25, 0.3) is 0 Å². The molecule has 8 heteroatoms. The second-order valence-corrected chi connectivity index (χ2v) is 5.33. The molecule has 0 aliphatic carbocycles. The van der Waals surface area contributed by atoms with Crippen LogP contribution in [-0.2, 0) is 7.05 Å². The number of anilines is 1. The number of carbonyl (C=O) groups excluding carboxylic acids is 1. The predicted octanol–water partition coefficient (Wildman–Crippen LogP) is 3.34. The molecule has 1 amide bonds. The molecule has 0 spiro atoms. The standard InChI is InChI=1S/C11H8Cl2N2O3S/c1-15-7(4-5(12)9(15)13)10(16)14-6-2-3-19-8(6)11(17)18/h2-4H,1H3,(H,14,16)(H,17,18). The van der Waals surface area contributed by atoms with Gasteiger partial charge in [0.05, 0.1) is 10.7 Å². The lowest BCUT2D eigenvalue weighted by atomic mass is 10.3. The maximum Gasteiger partial charge on any atom is 0.348 e. The normalized spacial score (nSPS) is 10.5. The van der Waals surface area contributed by atoms with Crippen LogP contribution in [0.5, 0.6) is 0 Å². The monoisotopic (exact) mass is 318 g/mol. The number of hydrogen-bond donors (Lipinski definition) is 2. The van der Waals surface area contributed by atoms with Gasteiger partial charge < -0.3 is 15.0 Å². The third kappa shape index (κ3) is 2.60. The van der Waals surface area contributed by atoms with Crippen LogP contribution in [0.2, 0.25) is 10.2 Å². The third-order valence-corrected chi connectivity index (χ3v) is 4.20. The van der Waals surface area contributed by atoms with E-state index in [1.54, 1.807) is 12.4 Å². The van der Waals surface area contributed by atoms with Crippen molar-refractivity contribution in [1.29, 1.82) is 0 Å². The molecule has 0 aliphatic rings. The van der Waals surface area contributed by atoms with E-state index in [2.05, 4.69) is 5.32 Å². The van der Waals surface area contributed by atoms with Gasteiger partial charge in [0.15, 0.2) is 0 Å². The Morgan fingerprint density at radius 1 is 1.42 bits per heavy atom. The summed E-state index contributed by atoms with van der Waals surface area (Å²) in [5.74, 6) is -1.56. The minimum atomic E-state index is -1.09. The van der Waals surface area contributed by atoms with Crippen LogP contribution < -0.4 is 5.32 Å². The molecule has 0 aromatic carbocycles. The highest BCUT2D eigenvalue weighted by Crippen LogP contribution is 2.27. The van der Waals surface area contributed by atoms with Crippen molar-refractivity contribution in [1.82, 2.24) is 4.57 Å². The van der Waals surface area contributed by atoms with Gasteiger partial charge in [0.25, 0.3) is 5.91 Å². The van der Waals surface area contributed by atoms with E-state index in [1.165, 1.54) is 16.7 Å². The topological polar surface area (TPSA) is 71.3 Å². The summed E-state index contributed by atoms with van der Waals surface area (Å²) in [6.45, 7) is 0. The highest BCUT2D eigenvalue weighted by atomic mass is 35.5. The van der Waals surface area contributed by atoms with Crippen molar-refractivity contribution in [2.24, 2.45) is 7.05 Å². The van der Waals surface area contributed by atoms with Crippen molar-refractivity contribution in [3.8, 4) is 0 Å². The molecule has 2 aromatic rings. The van der Waals surface area contributed by atoms with E-state index < -0.39 is 11.9 Å². The minimum absolute atomic E-state index is 0.0692. The molecule has 5 nitrogen and oxygen atoms in total. The van der Waals surface area contributed by atoms with Crippen LogP contribution in [0.4, 0.5) is 5.69 Å². The van der Waals surface area contributed by atoms with Gasteiger partial charge in [-0.3, -0.25) is 4.79 Å². The summed E-state index contributed by atoms with van der Waals surface area (Å²) in [4.78, 5) is 23.0. The number of nitrogens with zero attached hydrogens (tertiary/aromatic N) is 1. The zero-order valence-corrected chi connectivity index (χ0v) is 11.9. The molecule has 0 aliphatic heterocycles. The van der Waals surface area contributed by atoms with Gasteiger partial charge in [-0.2, -0.15) is 0 Å². The first kappa shape index (κ1) is 13.9. The average Bonchev–Trinajstić information content (AvgIpc) is 2.90. The summed E-state index contributed by atoms with van der Waals surface area (Å²) in [6, 6.07) is 2.95. The number of nitrogens with one attached hydrogen (secondary N) is 1. The predicted molar refractivity (Wildman–Crippen MR) is 74.7 cm³/mol. The molecule has 0 bridgehead atoms. The van der Waals surface area contributed by atoms with Crippen LogP contribution in [-0.4, -0.2) is 21.6 Å². The number of aromatic nitrogens is 1. The summed E-state index contributed by atoms with van der Waals surface area (Å²) in [6.07, 6.45) is 0. The highest BCUT2D eigenvalue weighted by molar-refractivity contribution is 7.12. The minimum Gasteiger partial charge on any atom is -0.477 e. The van der Waals surface area contributed by atoms with Gasteiger partial charge in [0.2, 0.25) is 0 Å². The zero-order chi connectivity index (χ0) is 14.2. The number of carboxylic acids is 1. The number of carboxylic acid groups (broad SMARTS) is 1. The molecular formula is C11H8Cl2N2O3S. The van der Waals surface area contributed by atoms with E-state index in [9.17, 15) is 9.59 Å². The molecule has 2 rings (SSSR count). The van der Waals surface area contributed by atoms with Crippen LogP contribution in [0.1, 0.15) is 20.2 Å². The molecular weight excluding hydrogens is 311 g/mol. The highest BCUT2D eigenvalue weighted by Gasteiger charge is 2.19. The Balaban J connectivity index is 2.28. The smallest absolute Gasteiger partial charge is 0.348 e. The first-order valence-corrected chi connectivity index (χ1v) is 6.68. The zero-order valence-electron chi connectivity index (χ0n) is 9.61. The van der Waals surface area contributed by atoms with Crippen molar-refractivity contribution >= 4 is 52.1 Å². The lowest BCUT2D eigenvalue weighted by Gasteiger charge is -2.05. The lowest BCUT2D eigenvalue weighted by Crippen LogP contribution is -2.16. The van der Waals surface area contributed by atoms with Gasteiger partial charge in [0.1, 0.15) is 15.7 Å². The van der Waals surface area contributed by atoms with Crippen LogP contribution in [0.15, 0.2) is 17.5 Å². The molecule has 0 saturated carbocycles. The molecule has 0 radical (unpaired) electrons. The first-order valence-electron chi connectivity index (χ1n) is 5.04. The van der Waals surface area contributed by atoms with Crippen molar-refractivity contribution in [3.05, 3.63) is 38.3 Å². The van der Waals surface area contributed by atoms with Crippen LogP contribution in [0, 0.1) is 0 Å². The van der Waals surface area contributed by atoms with Gasteiger partial charge in [-0.25, -0.2) is 4.79 Å². The van der Waals surface area contributed by atoms with Crippen molar-refractivity contribution in [2.75, 3.05) is 5.32 Å². The molecule has 19 heavy (non-hydrogen) atoms. The van der Waals surface area contributed by atoms with E-state index in [1.807, 2.05) is 0 Å². The molecule has 0 fully saturated rings. The van der Waals surface area contributed by atoms with Gasteiger partial charge in [-0.15, -0.1) is 11.3 Å². The van der Waals surface area contributed by atoms with Gasteiger partial charge >= 0.3 is 5.97 Å². The van der Waals surface area contributed by atoms with Gasteiger partial charge in [0, 0.05) is 7.05 Å². The number of halogens is 2. The molecule has 0 atom stereocenters. The Kier molecular flexibility index (Phi) is 3.84. The number of thiophene rings is 1. The Morgan fingerprint density at radius 3 is 2.63 bits per heavy atom. The lowest BCUT2D eigenvalue weighted by molar-refractivity contribution is 0.0703. The van der Waals surface area contributed by atoms with Crippen LogP contribution in [0.3, 0.4) is 0 Å². The second-order valence-electron chi connectivity index (χ2n) is 3.65. The van der Waals surface area contributed by atoms with E-state index >= 15 is 0 Å². The SMILES string of the molecule is Cn1c(C(=O)Nc2ccsc2C(=O)O)cc(Cl)c1Cl. The fraction of sp³-hybridized carbons (Fsp3) is 0.0909. The fourth-order valence-corrected chi connectivity index (χ4v) is 2.58. The summed E-state index contributed by atoms with van der Waals surface area (Å²) in [7, 11) is 1.59. The maximum atomic E-state index is 12.0. The number of aromatic carboxylic acids is 1. The summed E-state index contributed by atoms with van der Waals surface area (Å²) in [5.41, 5.74) is 0.494. The number of amides is 1. The van der Waals surface area contributed by atoms with Crippen LogP contribution >= 0.6 is 34.5 Å². The number of hydrogen-bond acceptors (Lipinski definition) is 3. The molecule has 100 valence electrons. The van der Waals surface area contributed by atoms with Gasteiger partial charge in [-0.1, -0.05) is 23.2 Å². The third-order valence-electron chi connectivity index (χ3n) is 2.46. The quantitative estimate of drug-likeness (QED) is 0.911. The number of carbonyl (C=O) groups is 2. The van der Waals surface area contributed by atoms with E-state index in [-0.39, 0.29) is 26.4 Å². The Bertz CT molecular complexity index is 663. The molecule has 2 aromatic heterocycles. The second kappa shape index (κ2) is 5.24. The van der Waals surface area contributed by atoms with Gasteiger partial charge in [-0.05, 0) is 17.5 Å². The number of rotatable bonds is 3. The fourth-order valence-electron chi connectivity index (χ4n) is 1.52. The summed E-state index contributed by atoms with van der Waals surface area (Å²) >= 11 is 12.7. The average molecular weight is 319 g/mol. The van der Waals surface area contributed by atoms with E-state index in [0.717, 1.165) is 11.3 Å². The molecule has 2 N–H and O–H groups in total. The maximum absolute atomic E-state index is 12.0. The Morgan fingerprint density at radius 2 is 2.11 bits per heavy atom. The first-order chi connectivity index (χ1) is 8.91.